The molecule has 1 aromatic rings. The van der Waals surface area contributed by atoms with Gasteiger partial charge in [-0.3, -0.25) is 5.21 Å². The summed E-state index contributed by atoms with van der Waals surface area (Å²) in [4.78, 5) is 4.18. The minimum Gasteiger partial charge on any atom is -0.352 e. The van der Waals surface area contributed by atoms with Gasteiger partial charge in [0.25, 0.3) is 0 Å². The van der Waals surface area contributed by atoms with Gasteiger partial charge in [0, 0.05) is 6.54 Å². The Kier molecular flexibility index (Phi) is 4.86. The van der Waals surface area contributed by atoms with E-state index in [2.05, 4.69) is 10.3 Å². The molecule has 1 aliphatic rings. The lowest BCUT2D eigenvalue weighted by Crippen LogP contribution is -2.26. The van der Waals surface area contributed by atoms with Crippen molar-refractivity contribution in [2.75, 3.05) is 13.1 Å². The Balaban J connectivity index is 0.00000128. The molecule has 0 unspecified atom stereocenters. The first-order chi connectivity index (χ1) is 7.16. The van der Waals surface area contributed by atoms with Crippen LogP contribution in [0.2, 0.25) is 10.0 Å². The van der Waals surface area contributed by atoms with Crippen LogP contribution in [0.5, 0.6) is 0 Å². The van der Waals surface area contributed by atoms with E-state index in [1.54, 1.807) is 18.2 Å². The van der Waals surface area contributed by atoms with Gasteiger partial charge in [0.15, 0.2) is 0 Å². The van der Waals surface area contributed by atoms with Crippen molar-refractivity contribution in [3.05, 3.63) is 28.2 Å². The third-order valence-corrected chi connectivity index (χ3v) is 2.73. The highest BCUT2D eigenvalue weighted by Gasteiger charge is 2.15. The number of guanidine groups is 1. The normalized spacial score (nSPS) is 17.2. The molecule has 0 bridgehead atoms. The molecule has 4 nitrogen and oxygen atoms in total. The fourth-order valence-electron chi connectivity index (χ4n) is 1.24. The number of hydrogen-bond acceptors (Lipinski definition) is 2. The second-order valence-electron chi connectivity index (χ2n) is 3.08. The molecule has 0 aliphatic carbocycles. The molecule has 16 heavy (non-hydrogen) atoms. The van der Waals surface area contributed by atoms with Gasteiger partial charge in [-0.05, 0) is 18.2 Å². The molecule has 0 radical (unpaired) electrons. The quantitative estimate of drug-likeness (QED) is 0.834. The lowest BCUT2D eigenvalue weighted by atomic mass is 10.3. The summed E-state index contributed by atoms with van der Waals surface area (Å²) < 4.78 is 0. The fraction of sp³-hybridized carbons (Fsp3) is 0.222. The highest BCUT2D eigenvalue weighted by Crippen LogP contribution is 2.26. The molecule has 2 N–H and O–H groups in total. The largest absolute Gasteiger partial charge is 0.352 e. The van der Waals surface area contributed by atoms with E-state index in [9.17, 15) is 5.21 Å². The molecule has 1 fully saturated rings. The van der Waals surface area contributed by atoms with Crippen LogP contribution in [-0.2, 0) is 0 Å². The van der Waals surface area contributed by atoms with Crippen molar-refractivity contribution in [3.8, 4) is 0 Å². The standard InChI is InChI=1S/C9H9Cl2N3O.BrH/c10-7-2-1-6(5-8(7)11)13-9-12-3-4-14(9)15;/h1-2,5,15H,3-4H2,(H,12,13);1H. The van der Waals surface area contributed by atoms with Crippen molar-refractivity contribution in [1.29, 1.82) is 0 Å². The molecule has 0 amide bonds. The molecule has 2 rings (SSSR count). The van der Waals surface area contributed by atoms with Crippen LogP contribution in [-0.4, -0.2) is 29.3 Å². The summed E-state index contributed by atoms with van der Waals surface area (Å²) in [5.41, 5.74) is 0.646. The summed E-state index contributed by atoms with van der Waals surface area (Å²) in [7, 11) is 0. The minimum absolute atomic E-state index is 0. The minimum atomic E-state index is 0. The van der Waals surface area contributed by atoms with Crippen LogP contribution in [0.1, 0.15) is 0 Å². The van der Waals surface area contributed by atoms with Gasteiger partial charge in [0.05, 0.1) is 22.3 Å². The highest BCUT2D eigenvalue weighted by atomic mass is 79.9. The van der Waals surface area contributed by atoms with Gasteiger partial charge < -0.3 is 5.32 Å². The zero-order valence-corrected chi connectivity index (χ0v) is 11.4. The van der Waals surface area contributed by atoms with Crippen LogP contribution >= 0.6 is 40.2 Å². The summed E-state index contributed by atoms with van der Waals surface area (Å²) >= 11 is 11.6. The molecular weight excluding hydrogens is 317 g/mol. The molecule has 88 valence electrons. The molecule has 0 spiro atoms. The second kappa shape index (κ2) is 5.72. The number of benzene rings is 1. The molecule has 1 saturated heterocycles. The van der Waals surface area contributed by atoms with Crippen LogP contribution in [0.3, 0.4) is 0 Å². The van der Waals surface area contributed by atoms with Gasteiger partial charge >= 0.3 is 0 Å². The van der Waals surface area contributed by atoms with E-state index in [1.807, 2.05) is 0 Å². The lowest BCUT2D eigenvalue weighted by molar-refractivity contribution is -0.00126. The van der Waals surface area contributed by atoms with Crippen LogP contribution < -0.4 is 5.32 Å². The summed E-state index contributed by atoms with van der Waals surface area (Å²) in [6.07, 6.45) is 0. The van der Waals surface area contributed by atoms with E-state index >= 15 is 0 Å². The molecule has 1 aliphatic heterocycles. The fourth-order valence-corrected chi connectivity index (χ4v) is 1.54. The summed E-state index contributed by atoms with van der Waals surface area (Å²) in [5, 5.41) is 14.3. The average Bonchev–Trinajstić information content (AvgIpc) is 2.59. The maximum atomic E-state index is 9.36. The third-order valence-electron chi connectivity index (χ3n) is 1.99. The van der Waals surface area contributed by atoms with E-state index in [4.69, 9.17) is 23.2 Å². The number of halogens is 3. The van der Waals surface area contributed by atoms with Crippen molar-refractivity contribution in [3.63, 3.8) is 0 Å². The SMILES string of the molecule is Br.ON1CCNC1=Nc1ccc(Cl)c(Cl)c1. The Bertz CT molecular complexity index is 414. The Morgan fingerprint density at radius 2 is 2.06 bits per heavy atom. The molecule has 1 aromatic carbocycles. The van der Waals surface area contributed by atoms with E-state index in [-0.39, 0.29) is 17.0 Å². The number of hydrogen-bond donors (Lipinski definition) is 2. The van der Waals surface area contributed by atoms with Crippen molar-refractivity contribution in [2.45, 2.75) is 0 Å². The van der Waals surface area contributed by atoms with Gasteiger partial charge in [-0.15, -0.1) is 17.0 Å². The Labute approximate surface area is 114 Å². The lowest BCUT2D eigenvalue weighted by Gasteiger charge is -2.07. The summed E-state index contributed by atoms with van der Waals surface area (Å²) in [5.74, 6) is 0.424. The zero-order valence-electron chi connectivity index (χ0n) is 8.15. The van der Waals surface area contributed by atoms with Crippen LogP contribution in [0.15, 0.2) is 23.2 Å². The van der Waals surface area contributed by atoms with Crippen molar-refractivity contribution < 1.29 is 5.21 Å². The monoisotopic (exact) mass is 325 g/mol. The topological polar surface area (TPSA) is 47.9 Å². The van der Waals surface area contributed by atoms with Crippen LogP contribution in [0.4, 0.5) is 5.69 Å². The number of hydroxylamine groups is 2. The maximum Gasteiger partial charge on any atom is 0.223 e. The Morgan fingerprint density at radius 1 is 1.31 bits per heavy atom. The van der Waals surface area contributed by atoms with Crippen LogP contribution in [0, 0.1) is 0 Å². The van der Waals surface area contributed by atoms with Gasteiger partial charge in [0.1, 0.15) is 0 Å². The number of nitrogens with zero attached hydrogens (tertiary/aromatic N) is 2. The number of aliphatic imine (C=N–C) groups is 1. The molecule has 0 aromatic heterocycles. The van der Waals surface area contributed by atoms with Crippen molar-refractivity contribution >= 4 is 51.8 Å². The zero-order chi connectivity index (χ0) is 10.8. The van der Waals surface area contributed by atoms with Gasteiger partial charge in [0.2, 0.25) is 5.96 Å². The van der Waals surface area contributed by atoms with E-state index in [1.165, 1.54) is 0 Å². The van der Waals surface area contributed by atoms with Crippen LogP contribution in [0.25, 0.3) is 0 Å². The molecular formula is C9H10BrCl2N3O. The highest BCUT2D eigenvalue weighted by molar-refractivity contribution is 8.93. The average molecular weight is 327 g/mol. The van der Waals surface area contributed by atoms with E-state index in [0.29, 0.717) is 34.8 Å². The predicted octanol–water partition coefficient (Wildman–Crippen LogP) is 2.85. The molecule has 0 saturated carbocycles. The molecule has 1 heterocycles. The van der Waals surface area contributed by atoms with E-state index in [0.717, 1.165) is 5.06 Å². The third kappa shape index (κ3) is 3.01. The second-order valence-corrected chi connectivity index (χ2v) is 3.90. The molecule has 0 atom stereocenters. The first-order valence-corrected chi connectivity index (χ1v) is 5.16. The first-order valence-electron chi connectivity index (χ1n) is 4.41. The Hall–Kier alpha value is -0.490. The predicted molar refractivity (Wildman–Crippen MR) is 70.4 cm³/mol. The Morgan fingerprint density at radius 3 is 2.62 bits per heavy atom. The van der Waals surface area contributed by atoms with Gasteiger partial charge in [-0.2, -0.15) is 0 Å². The summed E-state index contributed by atoms with van der Waals surface area (Å²) in [6.45, 7) is 1.21. The van der Waals surface area contributed by atoms with Crippen molar-refractivity contribution in [2.24, 2.45) is 4.99 Å². The van der Waals surface area contributed by atoms with E-state index < -0.39 is 0 Å². The maximum absolute atomic E-state index is 9.36. The first kappa shape index (κ1) is 13.6. The van der Waals surface area contributed by atoms with Gasteiger partial charge in [-0.1, -0.05) is 23.2 Å². The number of rotatable bonds is 1. The van der Waals surface area contributed by atoms with Gasteiger partial charge in [-0.25, -0.2) is 10.1 Å². The van der Waals surface area contributed by atoms with Crippen molar-refractivity contribution in [1.82, 2.24) is 10.4 Å². The molecule has 7 heteroatoms. The summed E-state index contributed by atoms with van der Waals surface area (Å²) in [6, 6.07) is 5.04. The number of nitrogens with one attached hydrogen (secondary N) is 1. The smallest absolute Gasteiger partial charge is 0.223 e.